The number of hydrogen-bond acceptors (Lipinski definition) is 6. The van der Waals surface area contributed by atoms with Crippen LogP contribution in [0.1, 0.15) is 50.1 Å². The average Bonchev–Trinajstić information content (AvgIpc) is 3.49. The molecule has 1 aliphatic carbocycles. The molecule has 2 aromatic carbocycles. The predicted molar refractivity (Wildman–Crippen MR) is 144 cm³/mol. The summed E-state index contributed by atoms with van der Waals surface area (Å²) in [7, 11) is -3.72. The first-order valence-corrected chi connectivity index (χ1v) is 14.8. The number of fused-ring (bicyclic) bond motifs is 1. The van der Waals surface area contributed by atoms with Crippen LogP contribution in [0.4, 0.5) is 5.69 Å². The van der Waals surface area contributed by atoms with Crippen molar-refractivity contribution in [3.63, 3.8) is 0 Å². The Bertz CT molecular complexity index is 1450. The summed E-state index contributed by atoms with van der Waals surface area (Å²) in [5.41, 5.74) is 3.82. The zero-order valence-corrected chi connectivity index (χ0v) is 22.0. The van der Waals surface area contributed by atoms with E-state index in [4.69, 9.17) is 14.2 Å². The molecular weight excluding hydrogens is 504 g/mol. The van der Waals surface area contributed by atoms with Crippen LogP contribution in [-0.4, -0.2) is 51.6 Å². The van der Waals surface area contributed by atoms with Crippen molar-refractivity contribution >= 4 is 26.8 Å². The molecule has 0 amide bonds. The van der Waals surface area contributed by atoms with Gasteiger partial charge in [0.15, 0.2) is 0 Å². The van der Waals surface area contributed by atoms with Gasteiger partial charge in [0.2, 0.25) is 0 Å². The Morgan fingerprint density at radius 2 is 1.74 bits per heavy atom. The summed E-state index contributed by atoms with van der Waals surface area (Å²) in [6.45, 7) is 2.36. The van der Waals surface area contributed by atoms with Gasteiger partial charge >= 0.3 is 0 Å². The van der Waals surface area contributed by atoms with Crippen molar-refractivity contribution in [1.29, 1.82) is 5.26 Å². The number of nitrogens with zero attached hydrogens (tertiary/aromatic N) is 2. The first-order chi connectivity index (χ1) is 18.5. The Morgan fingerprint density at radius 1 is 0.974 bits per heavy atom. The normalized spacial score (nSPS) is 20.8. The smallest absolute Gasteiger partial charge is 0.299 e. The number of benzene rings is 2. The minimum atomic E-state index is -3.72. The minimum absolute atomic E-state index is 0.134. The molecule has 38 heavy (non-hydrogen) atoms. The first-order valence-electron chi connectivity index (χ1n) is 13.3. The molecule has 3 fully saturated rings. The van der Waals surface area contributed by atoms with E-state index in [2.05, 4.69) is 26.1 Å². The summed E-state index contributed by atoms with van der Waals surface area (Å²) < 4.78 is 49.6. The molecule has 0 radical (unpaired) electrons. The second-order valence-electron chi connectivity index (χ2n) is 10.3. The largest absolute Gasteiger partial charge is 0.490 e. The van der Waals surface area contributed by atoms with Gasteiger partial charge in [0, 0.05) is 48.7 Å². The van der Waals surface area contributed by atoms with Crippen molar-refractivity contribution in [2.24, 2.45) is 0 Å². The minimum Gasteiger partial charge on any atom is -0.490 e. The van der Waals surface area contributed by atoms with Gasteiger partial charge < -0.3 is 18.8 Å². The van der Waals surface area contributed by atoms with E-state index in [0.717, 1.165) is 60.0 Å². The summed E-state index contributed by atoms with van der Waals surface area (Å²) >= 11 is 0. The molecule has 10 heteroatoms. The molecule has 6 rings (SSSR count). The maximum atomic E-state index is 12.5. The van der Waals surface area contributed by atoms with Gasteiger partial charge in [0.05, 0.1) is 36.6 Å². The van der Waals surface area contributed by atoms with Gasteiger partial charge in [-0.05, 0) is 55.5 Å². The van der Waals surface area contributed by atoms with Gasteiger partial charge in [-0.3, -0.25) is 4.72 Å². The van der Waals surface area contributed by atoms with Crippen LogP contribution in [0.3, 0.4) is 0 Å². The van der Waals surface area contributed by atoms with Crippen molar-refractivity contribution in [3.05, 3.63) is 48.0 Å². The fourth-order valence-electron chi connectivity index (χ4n) is 5.50. The van der Waals surface area contributed by atoms with E-state index in [0.29, 0.717) is 50.1 Å². The highest BCUT2D eigenvalue weighted by molar-refractivity contribution is 7.90. The zero-order valence-electron chi connectivity index (χ0n) is 21.2. The lowest BCUT2D eigenvalue weighted by Gasteiger charge is -2.30. The van der Waals surface area contributed by atoms with E-state index in [1.807, 2.05) is 24.3 Å². The molecule has 200 valence electrons. The number of nitrogens with one attached hydrogen (secondary N) is 2. The van der Waals surface area contributed by atoms with Crippen molar-refractivity contribution in [3.8, 4) is 23.1 Å². The van der Waals surface area contributed by atoms with Crippen molar-refractivity contribution in [2.75, 3.05) is 31.1 Å². The SMILES string of the molecule is N#Cc1c(-c2ccc(NS(=O)(=O)N[C@@H]3CCOC3)cc2)n(C2CCC2)c2cc(OC3CCOCC3)ccc12. The molecule has 0 unspecified atom stereocenters. The molecule has 2 N–H and O–H groups in total. The number of anilines is 1. The second-order valence-corrected chi connectivity index (χ2v) is 11.7. The average molecular weight is 537 g/mol. The molecule has 0 spiro atoms. The fourth-order valence-corrected chi connectivity index (χ4v) is 6.63. The quantitative estimate of drug-likeness (QED) is 0.438. The topological polar surface area (TPSA) is 115 Å². The van der Waals surface area contributed by atoms with Crippen molar-refractivity contribution in [1.82, 2.24) is 9.29 Å². The van der Waals surface area contributed by atoms with Crippen LogP contribution in [0.15, 0.2) is 42.5 Å². The number of aromatic nitrogens is 1. The van der Waals surface area contributed by atoms with Crippen LogP contribution in [0, 0.1) is 11.3 Å². The molecule has 3 aliphatic rings. The Morgan fingerprint density at radius 3 is 2.39 bits per heavy atom. The van der Waals surface area contributed by atoms with Crippen LogP contribution in [0.2, 0.25) is 0 Å². The maximum absolute atomic E-state index is 12.5. The number of nitriles is 1. The van der Waals surface area contributed by atoms with Crippen molar-refractivity contribution < 1.29 is 22.6 Å². The predicted octanol–water partition coefficient (Wildman–Crippen LogP) is 4.50. The summed E-state index contributed by atoms with van der Waals surface area (Å²) in [5.74, 6) is 0.809. The monoisotopic (exact) mass is 536 g/mol. The number of rotatable bonds is 8. The summed E-state index contributed by atoms with van der Waals surface area (Å²) in [5, 5.41) is 11.1. The van der Waals surface area contributed by atoms with Gasteiger partial charge in [-0.15, -0.1) is 0 Å². The highest BCUT2D eigenvalue weighted by atomic mass is 32.2. The van der Waals surface area contributed by atoms with E-state index in [1.165, 1.54) is 0 Å². The van der Waals surface area contributed by atoms with Crippen LogP contribution >= 0.6 is 0 Å². The molecule has 0 bridgehead atoms. The third kappa shape index (κ3) is 5.12. The Labute approximate surface area is 222 Å². The molecule has 1 atom stereocenters. The third-order valence-electron chi connectivity index (χ3n) is 7.66. The van der Waals surface area contributed by atoms with Crippen LogP contribution in [0.25, 0.3) is 22.2 Å². The standard InChI is InChI=1S/C28H32N4O5S/c29-17-26-25-9-8-24(37-23-11-14-35-15-12-23)16-27(25)32(22-2-1-3-22)28(26)19-4-6-20(7-5-19)30-38(33,34)31-21-10-13-36-18-21/h4-9,16,21-23,30-31H,1-3,10-15,18H2/t21-/m1/s1. The van der Waals surface area contributed by atoms with E-state index in [9.17, 15) is 13.7 Å². The van der Waals surface area contributed by atoms with Crippen LogP contribution < -0.4 is 14.2 Å². The van der Waals surface area contributed by atoms with Gasteiger partial charge in [0.1, 0.15) is 17.9 Å². The van der Waals surface area contributed by atoms with Crippen LogP contribution in [-0.2, 0) is 19.7 Å². The van der Waals surface area contributed by atoms with Gasteiger partial charge in [-0.25, -0.2) is 0 Å². The Balaban J connectivity index is 1.32. The lowest BCUT2D eigenvalue weighted by molar-refractivity contribution is 0.0256. The molecule has 1 aromatic heterocycles. The summed E-state index contributed by atoms with van der Waals surface area (Å²) in [4.78, 5) is 0. The maximum Gasteiger partial charge on any atom is 0.299 e. The highest BCUT2D eigenvalue weighted by Crippen LogP contribution is 2.43. The molecule has 2 saturated heterocycles. The lowest BCUT2D eigenvalue weighted by Crippen LogP contribution is -2.38. The summed E-state index contributed by atoms with van der Waals surface area (Å²) in [6, 6.07) is 15.8. The number of hydrogen-bond donors (Lipinski definition) is 2. The van der Waals surface area contributed by atoms with Gasteiger partial charge in [0.25, 0.3) is 10.2 Å². The molecule has 3 aromatic rings. The van der Waals surface area contributed by atoms with E-state index in [1.54, 1.807) is 12.1 Å². The molecule has 9 nitrogen and oxygen atoms in total. The number of ether oxygens (including phenoxy) is 3. The van der Waals surface area contributed by atoms with Gasteiger partial charge in [-0.2, -0.15) is 18.4 Å². The molecule has 1 saturated carbocycles. The molecule has 3 heterocycles. The second kappa shape index (κ2) is 10.6. The zero-order chi connectivity index (χ0) is 26.1. The highest BCUT2D eigenvalue weighted by Gasteiger charge is 2.28. The van der Waals surface area contributed by atoms with Crippen molar-refractivity contribution in [2.45, 2.75) is 56.7 Å². The molecule has 2 aliphatic heterocycles. The Kier molecular flexibility index (Phi) is 7.01. The first kappa shape index (κ1) is 25.2. The van der Waals surface area contributed by atoms with E-state index < -0.39 is 10.2 Å². The fraction of sp³-hybridized carbons (Fsp3) is 0.464. The molecular formula is C28H32N4O5S. The van der Waals surface area contributed by atoms with Gasteiger partial charge in [-0.1, -0.05) is 12.1 Å². The Hall–Kier alpha value is -3.10. The van der Waals surface area contributed by atoms with Crippen LogP contribution in [0.5, 0.6) is 5.75 Å². The summed E-state index contributed by atoms with van der Waals surface area (Å²) in [6.07, 6.45) is 5.80. The van der Waals surface area contributed by atoms with E-state index >= 15 is 0 Å². The van der Waals surface area contributed by atoms with E-state index in [-0.39, 0.29) is 12.1 Å². The third-order valence-corrected chi connectivity index (χ3v) is 8.81. The lowest BCUT2D eigenvalue weighted by atomic mass is 9.92.